The summed E-state index contributed by atoms with van der Waals surface area (Å²) in [5, 5.41) is 12.6. The molecule has 1 fully saturated rings. The molecular formula is C24H25N3O. The van der Waals surface area contributed by atoms with Gasteiger partial charge < -0.3 is 14.9 Å². The number of rotatable bonds is 3. The van der Waals surface area contributed by atoms with Crippen LogP contribution in [0.5, 0.6) is 0 Å². The maximum absolute atomic E-state index is 10.4. The molecule has 1 atom stereocenters. The first-order valence-corrected chi connectivity index (χ1v) is 9.86. The lowest BCUT2D eigenvalue weighted by Crippen LogP contribution is -2.46. The van der Waals surface area contributed by atoms with Crippen molar-refractivity contribution in [3.8, 4) is 11.8 Å². The summed E-state index contributed by atoms with van der Waals surface area (Å²) in [4.78, 5) is 9.68. The number of anilines is 1. The highest BCUT2D eigenvalue weighted by Gasteiger charge is 2.19. The molecule has 0 spiro atoms. The number of hydrogen-bond donors (Lipinski definition) is 1. The summed E-state index contributed by atoms with van der Waals surface area (Å²) in [7, 11) is 0. The Morgan fingerprint density at radius 1 is 1.00 bits per heavy atom. The summed E-state index contributed by atoms with van der Waals surface area (Å²) in [6.45, 7) is 7.33. The van der Waals surface area contributed by atoms with Gasteiger partial charge in [0.05, 0.1) is 0 Å². The van der Waals surface area contributed by atoms with Gasteiger partial charge in [0, 0.05) is 31.6 Å². The van der Waals surface area contributed by atoms with Crippen LogP contribution < -0.4 is 4.90 Å². The van der Waals surface area contributed by atoms with Crippen molar-refractivity contribution in [1.29, 1.82) is 0 Å². The van der Waals surface area contributed by atoms with Crippen molar-refractivity contribution in [2.75, 3.05) is 37.6 Å². The Morgan fingerprint density at radius 2 is 1.71 bits per heavy atom. The van der Waals surface area contributed by atoms with E-state index in [1.807, 2.05) is 42.5 Å². The van der Waals surface area contributed by atoms with E-state index in [4.69, 9.17) is 4.98 Å². The number of aromatic nitrogens is 1. The molecule has 1 aromatic heterocycles. The van der Waals surface area contributed by atoms with Gasteiger partial charge in [0.1, 0.15) is 17.6 Å². The number of aliphatic hydroxyl groups is 1. The number of likely N-dealkylation sites (N-methyl/N-ethyl adjacent to an activating group) is 1. The lowest BCUT2D eigenvalue weighted by Gasteiger charge is -2.35. The van der Waals surface area contributed by atoms with Gasteiger partial charge in [-0.15, -0.1) is 0 Å². The third-order valence-electron chi connectivity index (χ3n) is 5.29. The number of nitrogens with zero attached hydrogens (tertiary/aromatic N) is 3. The minimum absolute atomic E-state index is 0.696. The number of benzene rings is 2. The zero-order valence-electron chi connectivity index (χ0n) is 16.2. The van der Waals surface area contributed by atoms with E-state index in [-0.39, 0.29) is 0 Å². The average molecular weight is 371 g/mol. The van der Waals surface area contributed by atoms with E-state index in [1.54, 1.807) is 0 Å². The predicted octanol–water partition coefficient (Wildman–Crippen LogP) is 3.46. The van der Waals surface area contributed by atoms with E-state index in [1.165, 1.54) is 0 Å². The lowest BCUT2D eigenvalue weighted by atomic mass is 10.1. The highest BCUT2D eigenvalue weighted by molar-refractivity contribution is 5.93. The first kappa shape index (κ1) is 18.5. The molecule has 0 saturated carbocycles. The zero-order chi connectivity index (χ0) is 19.3. The molecule has 2 heterocycles. The maximum Gasteiger partial charge on any atom is 0.140 e. The fourth-order valence-electron chi connectivity index (χ4n) is 3.62. The average Bonchev–Trinajstić information content (AvgIpc) is 2.77. The topological polar surface area (TPSA) is 39.6 Å². The Morgan fingerprint density at radius 3 is 2.46 bits per heavy atom. The molecule has 4 heteroatoms. The Kier molecular flexibility index (Phi) is 5.57. The van der Waals surface area contributed by atoms with Crippen molar-refractivity contribution in [3.05, 3.63) is 71.9 Å². The quantitative estimate of drug-likeness (QED) is 0.716. The van der Waals surface area contributed by atoms with Crippen LogP contribution in [0.1, 0.15) is 24.3 Å². The highest BCUT2D eigenvalue weighted by atomic mass is 16.3. The van der Waals surface area contributed by atoms with Crippen LogP contribution in [0.3, 0.4) is 0 Å². The van der Waals surface area contributed by atoms with Crippen LogP contribution in [0.25, 0.3) is 10.8 Å². The van der Waals surface area contributed by atoms with Gasteiger partial charge >= 0.3 is 0 Å². The van der Waals surface area contributed by atoms with E-state index < -0.39 is 6.10 Å². The monoisotopic (exact) mass is 371 g/mol. The van der Waals surface area contributed by atoms with Crippen LogP contribution in [0, 0.1) is 11.8 Å². The number of hydrogen-bond acceptors (Lipinski definition) is 4. The van der Waals surface area contributed by atoms with E-state index >= 15 is 0 Å². The third kappa shape index (κ3) is 4.01. The molecule has 0 aliphatic carbocycles. The van der Waals surface area contributed by atoms with E-state index in [2.05, 4.69) is 46.8 Å². The molecule has 28 heavy (non-hydrogen) atoms. The number of fused-ring (bicyclic) bond motifs is 1. The lowest BCUT2D eigenvalue weighted by molar-refractivity contribution is 0.238. The zero-order valence-corrected chi connectivity index (χ0v) is 16.2. The smallest absolute Gasteiger partial charge is 0.140 e. The second-order valence-corrected chi connectivity index (χ2v) is 7.06. The Hall–Kier alpha value is -2.87. The fourth-order valence-corrected chi connectivity index (χ4v) is 3.62. The molecular weight excluding hydrogens is 346 g/mol. The molecule has 0 amide bonds. The minimum atomic E-state index is -0.814. The van der Waals surface area contributed by atoms with Gasteiger partial charge in [0.25, 0.3) is 0 Å². The number of pyridine rings is 1. The first-order valence-electron chi connectivity index (χ1n) is 9.86. The molecule has 1 unspecified atom stereocenters. The standard InChI is InChI=1S/C24H25N3O/c1-2-26-14-16-27(17-15-26)24-22-11-7-6-10-20(22)18-21(25-24)12-13-23(28)19-8-4-3-5-9-19/h3-11,18,23,28H,2,14-17H2,1H3. The van der Waals surface area contributed by atoms with Crippen molar-refractivity contribution >= 4 is 16.6 Å². The summed E-state index contributed by atoms with van der Waals surface area (Å²) in [5.41, 5.74) is 1.49. The van der Waals surface area contributed by atoms with Gasteiger partial charge in [0.2, 0.25) is 0 Å². The maximum atomic E-state index is 10.4. The van der Waals surface area contributed by atoms with Gasteiger partial charge in [-0.25, -0.2) is 4.98 Å². The van der Waals surface area contributed by atoms with Crippen LogP contribution in [0.4, 0.5) is 5.82 Å². The summed E-state index contributed by atoms with van der Waals surface area (Å²) in [6, 6.07) is 19.8. The van der Waals surface area contributed by atoms with Gasteiger partial charge in [-0.3, -0.25) is 0 Å². The highest BCUT2D eigenvalue weighted by Crippen LogP contribution is 2.26. The van der Waals surface area contributed by atoms with Crippen molar-refractivity contribution in [1.82, 2.24) is 9.88 Å². The molecule has 4 nitrogen and oxygen atoms in total. The number of piperazine rings is 1. The van der Waals surface area contributed by atoms with Crippen LogP contribution in [-0.4, -0.2) is 47.7 Å². The molecule has 1 N–H and O–H groups in total. The minimum Gasteiger partial charge on any atom is -0.376 e. The van der Waals surface area contributed by atoms with Crippen molar-refractivity contribution in [2.24, 2.45) is 0 Å². The van der Waals surface area contributed by atoms with Gasteiger partial charge in [-0.1, -0.05) is 67.4 Å². The largest absolute Gasteiger partial charge is 0.376 e. The van der Waals surface area contributed by atoms with Crippen molar-refractivity contribution in [3.63, 3.8) is 0 Å². The van der Waals surface area contributed by atoms with Gasteiger partial charge in [0.15, 0.2) is 0 Å². The molecule has 2 aromatic carbocycles. The SMILES string of the molecule is CCN1CCN(c2nc(C#CC(O)c3ccccc3)cc3ccccc23)CC1. The molecule has 0 radical (unpaired) electrons. The Labute approximate surface area is 166 Å². The second kappa shape index (κ2) is 8.43. The Balaban J connectivity index is 1.66. The van der Waals surface area contributed by atoms with Crippen LogP contribution >= 0.6 is 0 Å². The van der Waals surface area contributed by atoms with Crippen molar-refractivity contribution in [2.45, 2.75) is 13.0 Å². The second-order valence-electron chi connectivity index (χ2n) is 7.06. The summed E-state index contributed by atoms with van der Waals surface area (Å²) in [6.07, 6.45) is -0.814. The molecule has 4 rings (SSSR count). The van der Waals surface area contributed by atoms with E-state index in [9.17, 15) is 5.11 Å². The summed E-state index contributed by atoms with van der Waals surface area (Å²) in [5.74, 6) is 7.02. The van der Waals surface area contributed by atoms with Crippen LogP contribution in [0.2, 0.25) is 0 Å². The fraction of sp³-hybridized carbons (Fsp3) is 0.292. The molecule has 3 aromatic rings. The van der Waals surface area contributed by atoms with E-state index in [0.717, 1.165) is 54.9 Å². The molecule has 0 bridgehead atoms. The predicted molar refractivity (Wildman–Crippen MR) is 114 cm³/mol. The Bertz CT molecular complexity index is 999. The van der Waals surface area contributed by atoms with Gasteiger partial charge in [-0.2, -0.15) is 0 Å². The van der Waals surface area contributed by atoms with E-state index in [0.29, 0.717) is 5.69 Å². The van der Waals surface area contributed by atoms with Gasteiger partial charge in [-0.05, 0) is 29.5 Å². The normalized spacial score (nSPS) is 15.9. The third-order valence-corrected chi connectivity index (χ3v) is 5.29. The first-order chi connectivity index (χ1) is 13.7. The molecule has 1 aliphatic rings. The number of aliphatic hydroxyl groups excluding tert-OH is 1. The van der Waals surface area contributed by atoms with Crippen molar-refractivity contribution < 1.29 is 5.11 Å². The molecule has 1 aliphatic heterocycles. The van der Waals surface area contributed by atoms with Crippen LogP contribution in [0.15, 0.2) is 60.7 Å². The molecule has 142 valence electrons. The molecule has 1 saturated heterocycles. The summed E-state index contributed by atoms with van der Waals surface area (Å²) < 4.78 is 0. The van der Waals surface area contributed by atoms with Crippen LogP contribution in [-0.2, 0) is 0 Å². The summed E-state index contributed by atoms with van der Waals surface area (Å²) >= 11 is 0.